The maximum Gasteiger partial charge on any atom is 0.229 e. The molecule has 8 heteroatoms. The number of aromatic amines is 1. The lowest BCUT2D eigenvalue weighted by Gasteiger charge is -2.13. The molecule has 8 nitrogen and oxygen atoms in total. The van der Waals surface area contributed by atoms with Crippen molar-refractivity contribution in [1.82, 2.24) is 20.2 Å². The van der Waals surface area contributed by atoms with E-state index < -0.39 is 0 Å². The van der Waals surface area contributed by atoms with Crippen molar-refractivity contribution in [2.75, 3.05) is 23.3 Å². The first-order valence-corrected chi connectivity index (χ1v) is 9.41. The van der Waals surface area contributed by atoms with Crippen molar-refractivity contribution >= 4 is 44.9 Å². The Hall–Kier alpha value is -4.33. The van der Waals surface area contributed by atoms with Gasteiger partial charge in [0.1, 0.15) is 5.75 Å². The van der Waals surface area contributed by atoms with Crippen LogP contribution in [0.2, 0.25) is 0 Å². The van der Waals surface area contributed by atoms with Gasteiger partial charge in [-0.3, -0.25) is 16.0 Å². The van der Waals surface area contributed by atoms with Gasteiger partial charge in [0, 0.05) is 22.5 Å². The number of para-hydroxylation sites is 1. The fraction of sp³-hybridized carbons (Fsp3) is 0.0455. The number of rotatable bonds is 6. The Morgan fingerprint density at radius 1 is 0.867 bits per heavy atom. The molecular formula is C22H19N7O. The number of ether oxygens (including phenoxy) is 1. The third-order valence-electron chi connectivity index (χ3n) is 4.69. The van der Waals surface area contributed by atoms with Crippen molar-refractivity contribution in [2.24, 2.45) is 0 Å². The Balaban J connectivity index is 1.45. The summed E-state index contributed by atoms with van der Waals surface area (Å²) in [6.45, 7) is 0. The smallest absolute Gasteiger partial charge is 0.229 e. The quantitative estimate of drug-likeness (QED) is 0.308. The van der Waals surface area contributed by atoms with E-state index >= 15 is 0 Å². The minimum atomic E-state index is 0.483. The van der Waals surface area contributed by atoms with E-state index in [1.165, 1.54) is 0 Å². The Bertz CT molecular complexity index is 1330. The summed E-state index contributed by atoms with van der Waals surface area (Å²) in [7, 11) is 1.64. The van der Waals surface area contributed by atoms with E-state index in [1.54, 1.807) is 13.3 Å². The van der Waals surface area contributed by atoms with Crippen LogP contribution in [0.3, 0.4) is 0 Å². The molecule has 5 rings (SSSR count). The van der Waals surface area contributed by atoms with E-state index in [0.717, 1.165) is 38.9 Å². The van der Waals surface area contributed by atoms with Crippen LogP contribution in [0.5, 0.6) is 5.75 Å². The molecule has 0 aliphatic carbocycles. The van der Waals surface area contributed by atoms with Gasteiger partial charge in [-0.25, -0.2) is 4.98 Å². The number of hydrazine groups is 1. The lowest BCUT2D eigenvalue weighted by molar-refractivity contribution is 0.415. The molecule has 0 fully saturated rings. The van der Waals surface area contributed by atoms with Crippen LogP contribution >= 0.6 is 0 Å². The highest BCUT2D eigenvalue weighted by Crippen LogP contribution is 2.25. The Morgan fingerprint density at radius 3 is 2.73 bits per heavy atom. The number of H-pyrrole nitrogens is 1. The largest absolute Gasteiger partial charge is 0.497 e. The van der Waals surface area contributed by atoms with Gasteiger partial charge in [0.2, 0.25) is 5.95 Å². The lowest BCUT2D eigenvalue weighted by Crippen LogP contribution is -2.12. The predicted octanol–water partition coefficient (Wildman–Crippen LogP) is 4.70. The van der Waals surface area contributed by atoms with Gasteiger partial charge in [-0.15, -0.1) is 0 Å². The summed E-state index contributed by atoms with van der Waals surface area (Å²) in [6.07, 6.45) is 1.79. The maximum atomic E-state index is 5.29. The van der Waals surface area contributed by atoms with Gasteiger partial charge < -0.3 is 10.1 Å². The van der Waals surface area contributed by atoms with Crippen LogP contribution in [-0.4, -0.2) is 27.3 Å². The minimum Gasteiger partial charge on any atom is -0.497 e. The molecule has 30 heavy (non-hydrogen) atoms. The van der Waals surface area contributed by atoms with Crippen molar-refractivity contribution in [3.8, 4) is 5.75 Å². The summed E-state index contributed by atoms with van der Waals surface area (Å²) in [4.78, 5) is 9.30. The summed E-state index contributed by atoms with van der Waals surface area (Å²) >= 11 is 0. The van der Waals surface area contributed by atoms with E-state index in [0.29, 0.717) is 11.8 Å². The number of nitrogens with zero attached hydrogens (tertiary/aromatic N) is 3. The van der Waals surface area contributed by atoms with Crippen LogP contribution in [0.4, 0.5) is 23.1 Å². The van der Waals surface area contributed by atoms with Crippen LogP contribution in [0.1, 0.15) is 0 Å². The molecule has 148 valence electrons. The van der Waals surface area contributed by atoms with Crippen LogP contribution in [0.15, 0.2) is 72.9 Å². The number of nitrogens with one attached hydrogen (secondary N) is 4. The first-order chi connectivity index (χ1) is 14.8. The standard InChI is InChI=1S/C22H19N7O/c1-30-17-6-4-5-15(12-17)24-22-25-20-8-3-2-7-18(20)21(26-22)29-27-16-9-10-19-14(11-16)13-23-28-19/h2-13,27H,1H3,(H,23,28)(H2,24,25,26,29). The highest BCUT2D eigenvalue weighted by atomic mass is 16.5. The second-order valence-electron chi connectivity index (χ2n) is 6.69. The molecule has 0 radical (unpaired) electrons. The number of hydrogen-bond donors (Lipinski definition) is 4. The molecule has 0 bridgehead atoms. The maximum absolute atomic E-state index is 5.29. The van der Waals surface area contributed by atoms with Crippen molar-refractivity contribution in [3.63, 3.8) is 0 Å². The Morgan fingerprint density at radius 2 is 1.80 bits per heavy atom. The predicted molar refractivity (Wildman–Crippen MR) is 119 cm³/mol. The Labute approximate surface area is 172 Å². The van der Waals surface area contributed by atoms with Gasteiger partial charge in [-0.05, 0) is 42.5 Å². The molecule has 0 spiro atoms. The number of aromatic nitrogens is 4. The summed E-state index contributed by atoms with van der Waals surface area (Å²) in [5.41, 5.74) is 9.98. The molecule has 2 aromatic heterocycles. The highest BCUT2D eigenvalue weighted by molar-refractivity contribution is 5.91. The fourth-order valence-corrected chi connectivity index (χ4v) is 3.21. The molecule has 0 unspecified atom stereocenters. The number of hydrogen-bond acceptors (Lipinski definition) is 7. The van der Waals surface area contributed by atoms with Crippen LogP contribution in [-0.2, 0) is 0 Å². The zero-order valence-corrected chi connectivity index (χ0v) is 16.2. The van der Waals surface area contributed by atoms with Crippen molar-refractivity contribution in [1.29, 1.82) is 0 Å². The molecule has 2 heterocycles. The zero-order valence-electron chi connectivity index (χ0n) is 16.2. The summed E-state index contributed by atoms with van der Waals surface area (Å²) in [5.74, 6) is 1.91. The van der Waals surface area contributed by atoms with Gasteiger partial charge in [-0.1, -0.05) is 18.2 Å². The lowest BCUT2D eigenvalue weighted by atomic mass is 10.2. The zero-order chi connectivity index (χ0) is 20.3. The molecule has 0 aliphatic heterocycles. The van der Waals surface area contributed by atoms with E-state index in [9.17, 15) is 0 Å². The normalized spacial score (nSPS) is 10.8. The average Bonchev–Trinajstić information content (AvgIpc) is 3.25. The van der Waals surface area contributed by atoms with Gasteiger partial charge in [0.25, 0.3) is 0 Å². The van der Waals surface area contributed by atoms with E-state index in [1.807, 2.05) is 66.7 Å². The first kappa shape index (κ1) is 17.7. The number of benzene rings is 3. The average molecular weight is 397 g/mol. The van der Waals surface area contributed by atoms with Gasteiger partial charge in [0.15, 0.2) is 5.82 Å². The van der Waals surface area contributed by atoms with Crippen LogP contribution < -0.4 is 20.9 Å². The SMILES string of the molecule is COc1cccc(Nc2nc(NNc3ccc4[nH]ncc4c3)c3ccccc3n2)c1. The van der Waals surface area contributed by atoms with Gasteiger partial charge in [-0.2, -0.15) is 10.1 Å². The molecule has 4 N–H and O–H groups in total. The summed E-state index contributed by atoms with van der Waals surface area (Å²) in [5, 5.41) is 12.2. The van der Waals surface area contributed by atoms with Gasteiger partial charge in [0.05, 0.1) is 30.0 Å². The molecular weight excluding hydrogens is 378 g/mol. The first-order valence-electron chi connectivity index (χ1n) is 9.41. The van der Waals surface area contributed by atoms with Crippen molar-refractivity contribution in [2.45, 2.75) is 0 Å². The van der Waals surface area contributed by atoms with Crippen LogP contribution in [0.25, 0.3) is 21.8 Å². The second kappa shape index (κ2) is 7.59. The number of fused-ring (bicyclic) bond motifs is 2. The molecule has 0 atom stereocenters. The van der Waals surface area contributed by atoms with Crippen molar-refractivity contribution < 1.29 is 4.74 Å². The molecule has 0 amide bonds. The monoisotopic (exact) mass is 397 g/mol. The molecule has 0 saturated carbocycles. The van der Waals surface area contributed by atoms with E-state index in [-0.39, 0.29) is 0 Å². The highest BCUT2D eigenvalue weighted by Gasteiger charge is 2.08. The van der Waals surface area contributed by atoms with Gasteiger partial charge >= 0.3 is 0 Å². The third kappa shape index (κ3) is 3.53. The van der Waals surface area contributed by atoms with E-state index in [4.69, 9.17) is 4.74 Å². The minimum absolute atomic E-state index is 0.483. The number of anilines is 4. The second-order valence-corrected chi connectivity index (χ2v) is 6.69. The molecule has 3 aromatic carbocycles. The summed E-state index contributed by atoms with van der Waals surface area (Å²) < 4.78 is 5.29. The fourth-order valence-electron chi connectivity index (χ4n) is 3.21. The van der Waals surface area contributed by atoms with E-state index in [2.05, 4.69) is 36.3 Å². The Kier molecular flexibility index (Phi) is 4.49. The van der Waals surface area contributed by atoms with Crippen LogP contribution in [0, 0.1) is 0 Å². The third-order valence-corrected chi connectivity index (χ3v) is 4.69. The molecule has 0 aliphatic rings. The molecule has 5 aromatic rings. The summed E-state index contributed by atoms with van der Waals surface area (Å²) in [6, 6.07) is 21.4. The topological polar surface area (TPSA) is 99.8 Å². The molecule has 0 saturated heterocycles. The van der Waals surface area contributed by atoms with Crippen molar-refractivity contribution in [3.05, 3.63) is 72.9 Å². The number of methoxy groups -OCH3 is 1.